The van der Waals surface area contributed by atoms with Crippen molar-refractivity contribution in [3.05, 3.63) is 63.4 Å². The fourth-order valence-corrected chi connectivity index (χ4v) is 6.87. The van der Waals surface area contributed by atoms with E-state index < -0.39 is 0 Å². The number of rotatable bonds is 9. The Morgan fingerprint density at radius 3 is 2.27 bits per heavy atom. The largest absolute Gasteiger partial charge is 0.492 e. The van der Waals surface area contributed by atoms with Crippen LogP contribution in [0, 0.1) is 5.82 Å². The van der Waals surface area contributed by atoms with E-state index in [9.17, 15) is 9.18 Å². The van der Waals surface area contributed by atoms with Crippen LogP contribution in [-0.4, -0.2) is 79.1 Å². The molecule has 0 spiro atoms. The third kappa shape index (κ3) is 9.11. The first-order valence-corrected chi connectivity index (χ1v) is 15.3. The average molecular weight is 650 g/mol. The summed E-state index contributed by atoms with van der Waals surface area (Å²) in [4.78, 5) is 20.7. The van der Waals surface area contributed by atoms with Crippen LogP contribution in [0.3, 0.4) is 0 Å². The number of piperidine rings is 2. The van der Waals surface area contributed by atoms with Gasteiger partial charge in [-0.25, -0.2) is 4.39 Å². The molecule has 0 aliphatic carbocycles. The highest BCUT2D eigenvalue weighted by Gasteiger charge is 2.34. The van der Waals surface area contributed by atoms with Crippen molar-refractivity contribution in [2.45, 2.75) is 63.3 Å². The van der Waals surface area contributed by atoms with Gasteiger partial charge in [-0.3, -0.25) is 14.6 Å². The van der Waals surface area contributed by atoms with Crippen LogP contribution < -0.4 is 4.74 Å². The minimum absolute atomic E-state index is 0. The van der Waals surface area contributed by atoms with Gasteiger partial charge in [-0.1, -0.05) is 41.8 Å². The van der Waals surface area contributed by atoms with Gasteiger partial charge in [0.2, 0.25) is 5.91 Å². The van der Waals surface area contributed by atoms with Gasteiger partial charge in [-0.15, -0.1) is 24.8 Å². The lowest BCUT2D eigenvalue weighted by Gasteiger charge is -2.39. The Labute approximate surface area is 266 Å². The van der Waals surface area contributed by atoms with E-state index in [0.717, 1.165) is 69.5 Å². The SMILES string of the molecule is Cl.Cl.O=C([C@@H](Cc1ccc(Cl)cc1Cl)N1CCCCC1)N1CCC(c2ccc(F)cc2OCCN2CCCC2)CC1. The summed E-state index contributed by atoms with van der Waals surface area (Å²) in [6.07, 6.45) is 8.20. The maximum absolute atomic E-state index is 14.1. The predicted octanol–water partition coefficient (Wildman–Crippen LogP) is 7.25. The Bertz CT molecular complexity index is 1120. The molecule has 3 aliphatic heterocycles. The molecule has 1 amide bonds. The lowest BCUT2D eigenvalue weighted by Crippen LogP contribution is -2.53. The Morgan fingerprint density at radius 1 is 0.902 bits per heavy atom. The first-order valence-electron chi connectivity index (χ1n) is 14.6. The first kappa shape index (κ1) is 34.2. The van der Waals surface area contributed by atoms with Crippen LogP contribution in [0.15, 0.2) is 36.4 Å². The Balaban J connectivity index is 0.00000231. The maximum atomic E-state index is 14.1. The Kier molecular flexibility index (Phi) is 13.8. The summed E-state index contributed by atoms with van der Waals surface area (Å²) in [5.74, 6) is 0.813. The molecule has 0 unspecified atom stereocenters. The van der Waals surface area contributed by atoms with E-state index in [4.69, 9.17) is 27.9 Å². The number of carbonyl (C=O) groups is 1. The number of hydrogen-bond donors (Lipinski definition) is 0. The van der Waals surface area contributed by atoms with Gasteiger partial charge in [0, 0.05) is 35.7 Å². The Morgan fingerprint density at radius 2 is 1.59 bits per heavy atom. The molecule has 3 aliphatic rings. The molecule has 0 radical (unpaired) electrons. The van der Waals surface area contributed by atoms with Crippen molar-refractivity contribution in [2.75, 3.05) is 52.4 Å². The molecule has 3 saturated heterocycles. The number of benzene rings is 2. The van der Waals surface area contributed by atoms with Gasteiger partial charge in [-0.2, -0.15) is 0 Å². The maximum Gasteiger partial charge on any atom is 0.240 e. The van der Waals surface area contributed by atoms with Gasteiger partial charge in [-0.05, 0) is 106 Å². The molecule has 5 rings (SSSR count). The zero-order chi connectivity index (χ0) is 27.2. The van der Waals surface area contributed by atoms with Crippen molar-refractivity contribution in [1.29, 1.82) is 0 Å². The second-order valence-electron chi connectivity index (χ2n) is 11.2. The average Bonchev–Trinajstić information content (AvgIpc) is 3.47. The van der Waals surface area contributed by atoms with E-state index in [1.165, 1.54) is 31.4 Å². The summed E-state index contributed by atoms with van der Waals surface area (Å²) < 4.78 is 20.3. The van der Waals surface area contributed by atoms with E-state index in [-0.39, 0.29) is 48.5 Å². The summed E-state index contributed by atoms with van der Waals surface area (Å²) in [5.41, 5.74) is 2.02. The molecular weight excluding hydrogens is 607 g/mol. The lowest BCUT2D eigenvalue weighted by atomic mass is 9.88. The molecule has 3 heterocycles. The van der Waals surface area contributed by atoms with E-state index in [2.05, 4.69) is 9.80 Å². The highest BCUT2D eigenvalue weighted by atomic mass is 35.5. The summed E-state index contributed by atoms with van der Waals surface area (Å²) in [6, 6.07) is 10.3. The highest BCUT2D eigenvalue weighted by Crippen LogP contribution is 2.35. The van der Waals surface area contributed by atoms with Gasteiger partial charge in [0.25, 0.3) is 0 Å². The van der Waals surface area contributed by atoms with Crippen molar-refractivity contribution >= 4 is 53.9 Å². The molecule has 10 heteroatoms. The summed E-state index contributed by atoms with van der Waals surface area (Å²) in [5, 5.41) is 1.22. The number of likely N-dealkylation sites (tertiary alicyclic amines) is 3. The van der Waals surface area contributed by atoms with Crippen molar-refractivity contribution < 1.29 is 13.9 Å². The molecule has 2 aromatic rings. The molecule has 3 fully saturated rings. The van der Waals surface area contributed by atoms with Crippen LogP contribution in [-0.2, 0) is 11.2 Å². The van der Waals surface area contributed by atoms with Crippen molar-refractivity contribution in [1.82, 2.24) is 14.7 Å². The standard InChI is InChI=1S/C31H40Cl2FN3O2.2ClH/c32-25-7-6-24(28(33)21-25)20-29(36-14-2-1-3-15-36)31(38)37-16-10-23(11-17-37)27-9-8-26(34)22-30(27)39-19-18-35-12-4-5-13-35;;/h6-9,21-23,29H,1-5,10-20H2;2*1H/t29-;;/m1../s1. The third-order valence-corrected chi connectivity index (χ3v) is 9.22. The summed E-state index contributed by atoms with van der Waals surface area (Å²) in [7, 11) is 0. The number of carbonyl (C=O) groups excluding carboxylic acids is 1. The third-order valence-electron chi connectivity index (χ3n) is 8.63. The second-order valence-corrected chi connectivity index (χ2v) is 12.1. The molecule has 0 saturated carbocycles. The molecule has 41 heavy (non-hydrogen) atoms. The molecular formula is C31H42Cl4FN3O2. The quantitative estimate of drug-likeness (QED) is 0.287. The van der Waals surface area contributed by atoms with Crippen molar-refractivity contribution in [3.63, 3.8) is 0 Å². The van der Waals surface area contributed by atoms with E-state index in [1.807, 2.05) is 23.1 Å². The van der Waals surface area contributed by atoms with Gasteiger partial charge in [0.05, 0.1) is 6.04 Å². The number of nitrogens with zero attached hydrogens (tertiary/aromatic N) is 3. The van der Waals surface area contributed by atoms with E-state index >= 15 is 0 Å². The normalized spacial score (nSPS) is 19.3. The molecule has 5 nitrogen and oxygen atoms in total. The fraction of sp³-hybridized carbons (Fsp3) is 0.581. The molecule has 0 N–H and O–H groups in total. The number of hydrogen-bond acceptors (Lipinski definition) is 4. The predicted molar refractivity (Wildman–Crippen MR) is 170 cm³/mol. The number of halogens is 5. The van der Waals surface area contributed by atoms with Gasteiger partial charge >= 0.3 is 0 Å². The molecule has 2 aromatic carbocycles. The smallest absolute Gasteiger partial charge is 0.240 e. The van der Waals surface area contributed by atoms with E-state index in [0.29, 0.717) is 41.9 Å². The van der Waals surface area contributed by atoms with Gasteiger partial charge in [0.1, 0.15) is 18.2 Å². The molecule has 0 bridgehead atoms. The second kappa shape index (κ2) is 16.5. The monoisotopic (exact) mass is 647 g/mol. The summed E-state index contributed by atoms with van der Waals surface area (Å²) in [6.45, 7) is 6.93. The van der Waals surface area contributed by atoms with Crippen molar-refractivity contribution in [2.24, 2.45) is 0 Å². The number of ether oxygens (including phenoxy) is 1. The van der Waals surface area contributed by atoms with Crippen LogP contribution in [0.2, 0.25) is 10.0 Å². The minimum atomic E-state index is -0.271. The molecule has 0 aromatic heterocycles. The fourth-order valence-electron chi connectivity index (χ4n) is 6.38. The Hall–Kier alpha value is -1.28. The van der Waals surface area contributed by atoms with E-state index in [1.54, 1.807) is 6.07 Å². The van der Waals surface area contributed by atoms with Crippen LogP contribution in [0.5, 0.6) is 5.75 Å². The summed E-state index contributed by atoms with van der Waals surface area (Å²) >= 11 is 12.6. The molecule has 1 atom stereocenters. The van der Waals surface area contributed by atoms with Crippen LogP contribution >= 0.6 is 48.0 Å². The topological polar surface area (TPSA) is 36.0 Å². The lowest BCUT2D eigenvalue weighted by molar-refractivity contribution is -0.138. The van der Waals surface area contributed by atoms with Crippen LogP contribution in [0.25, 0.3) is 0 Å². The molecule has 228 valence electrons. The highest BCUT2D eigenvalue weighted by molar-refractivity contribution is 6.35. The first-order chi connectivity index (χ1) is 19.0. The minimum Gasteiger partial charge on any atom is -0.492 e. The number of amides is 1. The van der Waals surface area contributed by atoms with Crippen LogP contribution in [0.4, 0.5) is 4.39 Å². The van der Waals surface area contributed by atoms with Crippen molar-refractivity contribution in [3.8, 4) is 5.75 Å². The van der Waals surface area contributed by atoms with Crippen LogP contribution in [0.1, 0.15) is 62.0 Å². The van der Waals surface area contributed by atoms with Gasteiger partial charge < -0.3 is 9.64 Å². The van der Waals surface area contributed by atoms with Gasteiger partial charge in [0.15, 0.2) is 0 Å². The zero-order valence-corrected chi connectivity index (χ0v) is 26.7. The zero-order valence-electron chi connectivity index (χ0n) is 23.5.